The fourth-order valence-corrected chi connectivity index (χ4v) is 2.10. The van der Waals surface area contributed by atoms with E-state index in [9.17, 15) is 0 Å². The Morgan fingerprint density at radius 2 is 2.27 bits per heavy atom. The first kappa shape index (κ1) is 10.5. The molecule has 0 bridgehead atoms. The zero-order chi connectivity index (χ0) is 11.1. The normalized spacial score (nSPS) is 19.5. The highest BCUT2D eigenvalue weighted by atomic mass is 35.5. The topological polar surface area (TPSA) is 55.0 Å². The molecule has 1 aromatic rings. The molecule has 0 saturated carbocycles. The Bertz CT molecular complexity index is 378. The summed E-state index contributed by atoms with van der Waals surface area (Å²) in [5, 5.41) is 0.571. The second-order valence-corrected chi connectivity index (χ2v) is 5.14. The lowest BCUT2D eigenvalue weighted by molar-refractivity contribution is 0.418. The zero-order valence-corrected chi connectivity index (χ0v) is 9.75. The van der Waals surface area contributed by atoms with E-state index in [0.29, 0.717) is 10.4 Å². The van der Waals surface area contributed by atoms with Crippen LogP contribution in [0.4, 0.5) is 11.8 Å². The van der Waals surface area contributed by atoms with Gasteiger partial charge in [-0.15, -0.1) is 0 Å². The molecule has 5 heteroatoms. The van der Waals surface area contributed by atoms with Crippen LogP contribution in [-0.2, 0) is 0 Å². The van der Waals surface area contributed by atoms with E-state index in [1.165, 1.54) is 0 Å². The minimum atomic E-state index is 0.277. The fourth-order valence-electron chi connectivity index (χ4n) is 1.89. The Balaban J connectivity index is 2.27. The Kier molecular flexibility index (Phi) is 2.46. The van der Waals surface area contributed by atoms with Crippen LogP contribution in [0.3, 0.4) is 0 Å². The summed E-state index contributed by atoms with van der Waals surface area (Å²) in [6.45, 7) is 6.42. The quantitative estimate of drug-likeness (QED) is 0.795. The average molecular weight is 227 g/mol. The van der Waals surface area contributed by atoms with Crippen LogP contribution in [0.1, 0.15) is 20.3 Å². The molecule has 2 N–H and O–H groups in total. The first-order valence-corrected chi connectivity index (χ1v) is 5.39. The van der Waals surface area contributed by atoms with E-state index in [0.717, 1.165) is 25.3 Å². The van der Waals surface area contributed by atoms with Gasteiger partial charge in [-0.05, 0) is 11.8 Å². The van der Waals surface area contributed by atoms with Crippen LogP contribution < -0.4 is 10.6 Å². The molecular weight excluding hydrogens is 212 g/mol. The third-order valence-electron chi connectivity index (χ3n) is 2.72. The van der Waals surface area contributed by atoms with Gasteiger partial charge in [-0.25, -0.2) is 4.98 Å². The summed E-state index contributed by atoms with van der Waals surface area (Å²) >= 11 is 6.05. The standard InChI is InChI=1S/C10H15ClN4/c1-10(2)3-4-15(6-10)8-7(11)5-13-9(12)14-8/h5H,3-4,6H2,1-2H3,(H2,12,13,14). The Labute approximate surface area is 94.5 Å². The minimum Gasteiger partial charge on any atom is -0.368 e. The van der Waals surface area contributed by atoms with Crippen LogP contribution in [0.2, 0.25) is 5.02 Å². The molecule has 15 heavy (non-hydrogen) atoms. The SMILES string of the molecule is CC1(C)CCN(c2nc(N)ncc2Cl)C1. The molecule has 0 atom stereocenters. The first-order chi connectivity index (χ1) is 6.98. The molecule has 2 heterocycles. The maximum Gasteiger partial charge on any atom is 0.222 e. The van der Waals surface area contributed by atoms with Crippen LogP contribution in [0, 0.1) is 5.41 Å². The third kappa shape index (κ3) is 2.15. The fraction of sp³-hybridized carbons (Fsp3) is 0.600. The lowest BCUT2D eigenvalue weighted by Crippen LogP contribution is -2.24. The Hall–Kier alpha value is -1.03. The van der Waals surface area contributed by atoms with Crippen LogP contribution in [0.25, 0.3) is 0 Å². The lowest BCUT2D eigenvalue weighted by atomic mass is 9.93. The molecule has 0 amide bonds. The molecule has 4 nitrogen and oxygen atoms in total. The molecule has 0 radical (unpaired) electrons. The van der Waals surface area contributed by atoms with Gasteiger partial charge in [0.2, 0.25) is 5.95 Å². The first-order valence-electron chi connectivity index (χ1n) is 5.01. The lowest BCUT2D eigenvalue weighted by Gasteiger charge is -2.21. The van der Waals surface area contributed by atoms with Crippen molar-refractivity contribution in [2.24, 2.45) is 5.41 Å². The van der Waals surface area contributed by atoms with E-state index in [1.54, 1.807) is 6.20 Å². The number of nitrogens with two attached hydrogens (primary N) is 1. The molecule has 1 aliphatic rings. The van der Waals surface area contributed by atoms with Gasteiger partial charge in [-0.1, -0.05) is 25.4 Å². The van der Waals surface area contributed by atoms with Crippen molar-refractivity contribution >= 4 is 23.4 Å². The van der Waals surface area contributed by atoms with Gasteiger partial charge in [0, 0.05) is 13.1 Å². The molecule has 1 aromatic heterocycles. The van der Waals surface area contributed by atoms with E-state index in [4.69, 9.17) is 17.3 Å². The van der Waals surface area contributed by atoms with Gasteiger partial charge in [0.15, 0.2) is 5.82 Å². The van der Waals surface area contributed by atoms with Crippen LogP contribution in [0.5, 0.6) is 0 Å². The van der Waals surface area contributed by atoms with Crippen molar-refractivity contribution in [3.8, 4) is 0 Å². The number of rotatable bonds is 1. The molecule has 0 aromatic carbocycles. The van der Waals surface area contributed by atoms with E-state index in [2.05, 4.69) is 28.7 Å². The Morgan fingerprint density at radius 3 is 2.87 bits per heavy atom. The van der Waals surface area contributed by atoms with Crippen molar-refractivity contribution in [2.45, 2.75) is 20.3 Å². The number of hydrogen-bond acceptors (Lipinski definition) is 4. The molecule has 1 saturated heterocycles. The maximum absolute atomic E-state index is 6.05. The van der Waals surface area contributed by atoms with Crippen molar-refractivity contribution in [1.82, 2.24) is 9.97 Å². The van der Waals surface area contributed by atoms with Gasteiger partial charge in [0.1, 0.15) is 5.02 Å². The van der Waals surface area contributed by atoms with E-state index >= 15 is 0 Å². The third-order valence-corrected chi connectivity index (χ3v) is 2.99. The number of nitrogen functional groups attached to an aromatic ring is 1. The average Bonchev–Trinajstić information content (AvgIpc) is 2.50. The predicted molar refractivity (Wildman–Crippen MR) is 62.1 cm³/mol. The molecule has 1 fully saturated rings. The number of nitrogens with zero attached hydrogens (tertiary/aromatic N) is 3. The molecule has 0 spiro atoms. The number of anilines is 2. The summed E-state index contributed by atoms with van der Waals surface area (Å²) in [6.07, 6.45) is 2.71. The molecule has 2 rings (SSSR count). The van der Waals surface area contributed by atoms with Crippen LogP contribution in [0.15, 0.2) is 6.20 Å². The van der Waals surface area contributed by atoms with Crippen molar-refractivity contribution in [3.63, 3.8) is 0 Å². The van der Waals surface area contributed by atoms with Gasteiger partial charge in [-0.2, -0.15) is 4.98 Å². The number of hydrogen-bond donors (Lipinski definition) is 1. The van der Waals surface area contributed by atoms with Gasteiger partial charge < -0.3 is 10.6 Å². The van der Waals surface area contributed by atoms with Crippen molar-refractivity contribution < 1.29 is 0 Å². The molecule has 0 aliphatic carbocycles. The minimum absolute atomic E-state index is 0.277. The van der Waals surface area contributed by atoms with Gasteiger partial charge in [-0.3, -0.25) is 0 Å². The number of halogens is 1. The summed E-state index contributed by atoms with van der Waals surface area (Å²) < 4.78 is 0. The van der Waals surface area contributed by atoms with E-state index < -0.39 is 0 Å². The highest BCUT2D eigenvalue weighted by molar-refractivity contribution is 6.32. The predicted octanol–water partition coefficient (Wildman–Crippen LogP) is 1.95. The van der Waals surface area contributed by atoms with Crippen LogP contribution in [-0.4, -0.2) is 23.1 Å². The zero-order valence-electron chi connectivity index (χ0n) is 9.00. The van der Waals surface area contributed by atoms with Crippen molar-refractivity contribution in [2.75, 3.05) is 23.7 Å². The van der Waals surface area contributed by atoms with Crippen LogP contribution >= 0.6 is 11.6 Å². The monoisotopic (exact) mass is 226 g/mol. The summed E-state index contributed by atoms with van der Waals surface area (Å²) in [4.78, 5) is 10.2. The van der Waals surface area contributed by atoms with Gasteiger partial charge in [0.05, 0.1) is 6.20 Å². The highest BCUT2D eigenvalue weighted by Gasteiger charge is 2.31. The van der Waals surface area contributed by atoms with Gasteiger partial charge in [0.25, 0.3) is 0 Å². The van der Waals surface area contributed by atoms with E-state index in [-0.39, 0.29) is 5.95 Å². The highest BCUT2D eigenvalue weighted by Crippen LogP contribution is 2.34. The smallest absolute Gasteiger partial charge is 0.222 e. The summed E-state index contributed by atoms with van der Waals surface area (Å²) in [5.41, 5.74) is 5.88. The van der Waals surface area contributed by atoms with Gasteiger partial charge >= 0.3 is 0 Å². The molecule has 1 aliphatic heterocycles. The Morgan fingerprint density at radius 1 is 1.53 bits per heavy atom. The molecular formula is C10H15ClN4. The summed E-state index contributed by atoms with van der Waals surface area (Å²) in [5.74, 6) is 1.04. The molecule has 0 unspecified atom stereocenters. The maximum atomic E-state index is 6.05. The van der Waals surface area contributed by atoms with E-state index in [1.807, 2.05) is 0 Å². The largest absolute Gasteiger partial charge is 0.368 e. The summed E-state index contributed by atoms with van der Waals surface area (Å²) in [6, 6.07) is 0. The second kappa shape index (κ2) is 3.52. The van der Waals surface area contributed by atoms with Crippen molar-refractivity contribution in [3.05, 3.63) is 11.2 Å². The summed E-state index contributed by atoms with van der Waals surface area (Å²) in [7, 11) is 0. The second-order valence-electron chi connectivity index (χ2n) is 4.74. The molecule has 82 valence electrons. The number of aromatic nitrogens is 2. The van der Waals surface area contributed by atoms with Crippen molar-refractivity contribution in [1.29, 1.82) is 0 Å².